The lowest BCUT2D eigenvalue weighted by atomic mass is 9.93. The zero-order chi connectivity index (χ0) is 24.5. The predicted molar refractivity (Wildman–Crippen MR) is 141 cm³/mol. The highest BCUT2D eigenvalue weighted by Gasteiger charge is 2.49. The van der Waals surface area contributed by atoms with Crippen LogP contribution in [0.4, 0.5) is 5.95 Å². The van der Waals surface area contributed by atoms with E-state index < -0.39 is 0 Å². The minimum Gasteiger partial charge on any atom is -0.393 e. The number of aromatic nitrogens is 4. The fourth-order valence-corrected chi connectivity index (χ4v) is 5.99. The van der Waals surface area contributed by atoms with Crippen LogP contribution in [-0.2, 0) is 10.3 Å². The van der Waals surface area contributed by atoms with E-state index >= 15 is 0 Å². The molecular weight excluding hydrogens is 452 g/mol. The van der Waals surface area contributed by atoms with Gasteiger partial charge in [0.15, 0.2) is 5.65 Å². The number of rotatable bonds is 8. The van der Waals surface area contributed by atoms with Crippen LogP contribution in [0.5, 0.6) is 0 Å². The molecule has 0 atom stereocenters. The normalized spacial score (nSPS) is 24.2. The maximum absolute atomic E-state index is 10.1. The molecule has 0 amide bonds. The Balaban J connectivity index is 1.32. The summed E-state index contributed by atoms with van der Waals surface area (Å²) in [4.78, 5) is 12.1. The van der Waals surface area contributed by atoms with Crippen LogP contribution in [-0.4, -0.2) is 68.7 Å². The van der Waals surface area contributed by atoms with Gasteiger partial charge in [0.05, 0.1) is 30.7 Å². The molecule has 1 aromatic carbocycles. The molecule has 2 aliphatic carbocycles. The monoisotopic (exact) mass is 490 g/mol. The quantitative estimate of drug-likeness (QED) is 0.450. The molecule has 8 heteroatoms. The van der Waals surface area contributed by atoms with Crippen molar-refractivity contribution >= 4 is 17.0 Å². The number of unbranched alkanes of at least 4 members (excludes halogenated alkanes) is 1. The van der Waals surface area contributed by atoms with E-state index in [1.807, 2.05) is 6.20 Å². The van der Waals surface area contributed by atoms with Crippen molar-refractivity contribution in [2.45, 2.75) is 76.0 Å². The first-order valence-corrected chi connectivity index (χ1v) is 13.8. The van der Waals surface area contributed by atoms with Gasteiger partial charge >= 0.3 is 0 Å². The largest absolute Gasteiger partial charge is 0.393 e. The van der Waals surface area contributed by atoms with Crippen molar-refractivity contribution in [3.8, 4) is 11.3 Å². The summed E-state index contributed by atoms with van der Waals surface area (Å²) in [5.74, 6) is 0.663. The molecule has 3 heterocycles. The van der Waals surface area contributed by atoms with Crippen LogP contribution in [0.1, 0.15) is 69.9 Å². The summed E-state index contributed by atoms with van der Waals surface area (Å²) in [6.07, 6.45) is 9.85. The number of hydrogen-bond acceptors (Lipinski definition) is 7. The molecule has 0 bridgehead atoms. The molecule has 2 aromatic heterocycles. The van der Waals surface area contributed by atoms with E-state index in [4.69, 9.17) is 14.8 Å². The highest BCUT2D eigenvalue weighted by molar-refractivity contribution is 5.91. The van der Waals surface area contributed by atoms with E-state index in [1.165, 1.54) is 18.4 Å². The van der Waals surface area contributed by atoms with Gasteiger partial charge in [-0.3, -0.25) is 4.90 Å². The van der Waals surface area contributed by atoms with E-state index in [2.05, 4.69) is 51.1 Å². The molecule has 0 unspecified atom stereocenters. The molecule has 0 radical (unpaired) electrons. The average molecular weight is 491 g/mol. The zero-order valence-electron chi connectivity index (χ0n) is 21.3. The fourth-order valence-electron chi connectivity index (χ4n) is 5.99. The zero-order valence-corrected chi connectivity index (χ0v) is 21.3. The lowest BCUT2D eigenvalue weighted by Crippen LogP contribution is -2.43. The number of fused-ring (bicyclic) bond motifs is 1. The van der Waals surface area contributed by atoms with Gasteiger partial charge in [0, 0.05) is 36.9 Å². The third-order valence-corrected chi connectivity index (χ3v) is 8.31. The van der Waals surface area contributed by atoms with Crippen molar-refractivity contribution in [2.24, 2.45) is 0 Å². The molecule has 1 aliphatic heterocycles. The average Bonchev–Trinajstić information content (AvgIpc) is 3.66. The summed E-state index contributed by atoms with van der Waals surface area (Å²) in [6, 6.07) is 9.28. The molecule has 0 spiro atoms. The molecule has 2 saturated carbocycles. The summed E-state index contributed by atoms with van der Waals surface area (Å²) < 4.78 is 7.69. The first kappa shape index (κ1) is 23.8. The minimum atomic E-state index is -0.197. The SMILES string of the molecule is CCCCNc1ncc2c(-c3ccc(C4(N5CCOCC5)CC4)cc3)nn(C3CCC(O)CC3)c2n1. The van der Waals surface area contributed by atoms with Gasteiger partial charge in [-0.2, -0.15) is 10.1 Å². The third kappa shape index (κ3) is 4.51. The van der Waals surface area contributed by atoms with E-state index in [0.29, 0.717) is 5.95 Å². The van der Waals surface area contributed by atoms with Gasteiger partial charge in [-0.1, -0.05) is 37.6 Å². The number of nitrogens with zero attached hydrogens (tertiary/aromatic N) is 5. The van der Waals surface area contributed by atoms with Crippen LogP contribution >= 0.6 is 0 Å². The number of nitrogens with one attached hydrogen (secondary N) is 1. The number of hydrogen-bond donors (Lipinski definition) is 2. The molecular formula is C28H38N6O2. The molecule has 2 N–H and O–H groups in total. The maximum Gasteiger partial charge on any atom is 0.224 e. The number of aliphatic hydroxyl groups excluding tert-OH is 1. The van der Waals surface area contributed by atoms with Crippen molar-refractivity contribution in [3.05, 3.63) is 36.0 Å². The summed E-state index contributed by atoms with van der Waals surface area (Å²) in [5, 5.41) is 19.5. The molecule has 192 valence electrons. The Hall–Kier alpha value is -2.55. The first-order chi connectivity index (χ1) is 17.7. The van der Waals surface area contributed by atoms with Gasteiger partial charge in [-0.15, -0.1) is 0 Å². The Kier molecular flexibility index (Phi) is 6.67. The number of ether oxygens (including phenoxy) is 1. The summed E-state index contributed by atoms with van der Waals surface area (Å²) in [5.41, 5.74) is 4.52. The second-order valence-electron chi connectivity index (χ2n) is 10.7. The summed E-state index contributed by atoms with van der Waals surface area (Å²) >= 11 is 0. The van der Waals surface area contributed by atoms with Gasteiger partial charge in [0.2, 0.25) is 5.95 Å². The van der Waals surface area contributed by atoms with Crippen LogP contribution in [0.3, 0.4) is 0 Å². The fraction of sp³-hybridized carbons (Fsp3) is 0.607. The number of anilines is 1. The molecule has 3 aromatic rings. The van der Waals surface area contributed by atoms with Crippen LogP contribution in [0.15, 0.2) is 30.5 Å². The van der Waals surface area contributed by atoms with Crippen LogP contribution in [0.25, 0.3) is 22.3 Å². The molecule has 1 saturated heterocycles. The molecule has 3 fully saturated rings. The van der Waals surface area contributed by atoms with Gasteiger partial charge < -0.3 is 15.2 Å². The highest BCUT2D eigenvalue weighted by atomic mass is 16.5. The molecule has 3 aliphatic rings. The molecule has 36 heavy (non-hydrogen) atoms. The van der Waals surface area contributed by atoms with Gasteiger partial charge in [0.1, 0.15) is 5.69 Å². The number of aliphatic hydroxyl groups is 1. The van der Waals surface area contributed by atoms with Crippen molar-refractivity contribution in [2.75, 3.05) is 38.2 Å². The van der Waals surface area contributed by atoms with Gasteiger partial charge in [0.25, 0.3) is 0 Å². The van der Waals surface area contributed by atoms with Crippen molar-refractivity contribution < 1.29 is 9.84 Å². The van der Waals surface area contributed by atoms with E-state index in [1.54, 1.807) is 0 Å². The number of benzene rings is 1. The first-order valence-electron chi connectivity index (χ1n) is 13.8. The van der Waals surface area contributed by atoms with Crippen LogP contribution in [0.2, 0.25) is 0 Å². The molecule has 8 nitrogen and oxygen atoms in total. The van der Waals surface area contributed by atoms with Gasteiger partial charge in [-0.05, 0) is 50.5 Å². The lowest BCUT2D eigenvalue weighted by molar-refractivity contribution is 0.00835. The smallest absolute Gasteiger partial charge is 0.224 e. The summed E-state index contributed by atoms with van der Waals surface area (Å²) in [7, 11) is 0. The van der Waals surface area contributed by atoms with Crippen LogP contribution < -0.4 is 5.32 Å². The standard InChI is InChI=1S/C28H38N6O2/c1-2-3-14-29-27-30-19-24-25(32-34(26(24)31-27)22-8-10-23(35)11-9-22)20-4-6-21(7-5-20)28(12-13-28)33-15-17-36-18-16-33/h4-7,19,22-23,35H,2-3,8-18H2,1H3,(H,29,30,31). The second-order valence-corrected chi connectivity index (χ2v) is 10.7. The summed E-state index contributed by atoms with van der Waals surface area (Å²) in [6.45, 7) is 6.73. The van der Waals surface area contributed by atoms with Crippen LogP contribution in [0, 0.1) is 0 Å². The third-order valence-electron chi connectivity index (χ3n) is 8.31. The number of morpholine rings is 1. The minimum absolute atomic E-state index is 0.189. The van der Waals surface area contributed by atoms with E-state index in [-0.39, 0.29) is 17.7 Å². The Labute approximate surface area is 213 Å². The van der Waals surface area contributed by atoms with Crippen molar-refractivity contribution in [1.29, 1.82) is 0 Å². The Morgan fingerprint density at radius 1 is 1.08 bits per heavy atom. The van der Waals surface area contributed by atoms with E-state index in [0.717, 1.165) is 93.7 Å². The maximum atomic E-state index is 10.1. The Morgan fingerprint density at radius 3 is 2.53 bits per heavy atom. The Morgan fingerprint density at radius 2 is 1.83 bits per heavy atom. The Bertz CT molecular complexity index is 1170. The highest BCUT2D eigenvalue weighted by Crippen LogP contribution is 2.51. The van der Waals surface area contributed by atoms with Crippen molar-refractivity contribution in [1.82, 2.24) is 24.6 Å². The van der Waals surface area contributed by atoms with Crippen molar-refractivity contribution in [3.63, 3.8) is 0 Å². The second kappa shape index (κ2) is 10.1. The van der Waals surface area contributed by atoms with E-state index in [9.17, 15) is 5.11 Å². The molecule has 6 rings (SSSR count). The van der Waals surface area contributed by atoms with Gasteiger partial charge in [-0.25, -0.2) is 9.67 Å². The lowest BCUT2D eigenvalue weighted by Gasteiger charge is -2.35. The topological polar surface area (TPSA) is 88.3 Å². The predicted octanol–water partition coefficient (Wildman–Crippen LogP) is 4.50.